The van der Waals surface area contributed by atoms with Gasteiger partial charge in [0, 0.05) is 12.8 Å². The molecule has 0 amide bonds. The lowest BCUT2D eigenvalue weighted by Gasteiger charge is -2.23. The minimum Gasteiger partial charge on any atom is -0.330 e. The third-order valence-electron chi connectivity index (χ3n) is 3.29. The Morgan fingerprint density at radius 1 is 1.37 bits per heavy atom. The molecule has 19 heavy (non-hydrogen) atoms. The van der Waals surface area contributed by atoms with Crippen LogP contribution in [0.3, 0.4) is 0 Å². The minimum absolute atomic E-state index is 0.0790. The Morgan fingerprint density at radius 2 is 2.05 bits per heavy atom. The molecule has 106 valence electrons. The van der Waals surface area contributed by atoms with E-state index in [1.54, 1.807) is 6.07 Å². The van der Waals surface area contributed by atoms with Gasteiger partial charge in [-0.25, -0.2) is 4.39 Å². The van der Waals surface area contributed by atoms with Gasteiger partial charge in [-0.2, -0.15) is 0 Å². The van der Waals surface area contributed by atoms with Crippen molar-refractivity contribution < 1.29 is 9.18 Å². The second-order valence-corrected chi connectivity index (χ2v) is 6.07. The fourth-order valence-corrected chi connectivity index (χ4v) is 2.08. The minimum atomic E-state index is -0.476. The molecule has 0 unspecified atom stereocenters. The van der Waals surface area contributed by atoms with Crippen LogP contribution in [-0.2, 0) is 11.2 Å². The fraction of sp³-hybridized carbons (Fsp3) is 0.533. The smallest absolute Gasteiger partial charge is 0.142 e. The third-order valence-corrected chi connectivity index (χ3v) is 3.59. The van der Waals surface area contributed by atoms with Crippen LogP contribution in [0, 0.1) is 11.2 Å². The van der Waals surface area contributed by atoms with Crippen molar-refractivity contribution in [3.8, 4) is 0 Å². The normalized spacial score (nSPS) is 11.6. The van der Waals surface area contributed by atoms with E-state index in [9.17, 15) is 9.18 Å². The van der Waals surface area contributed by atoms with Gasteiger partial charge in [0.2, 0.25) is 0 Å². The molecule has 0 bridgehead atoms. The lowest BCUT2D eigenvalue weighted by molar-refractivity contribution is -0.119. The van der Waals surface area contributed by atoms with E-state index in [4.69, 9.17) is 17.3 Å². The maximum Gasteiger partial charge on any atom is 0.142 e. The van der Waals surface area contributed by atoms with Gasteiger partial charge in [-0.05, 0) is 42.5 Å². The zero-order chi connectivity index (χ0) is 14.5. The Balaban J connectivity index is 2.49. The summed E-state index contributed by atoms with van der Waals surface area (Å²) in [5.41, 5.74) is 6.29. The quantitative estimate of drug-likeness (QED) is 0.829. The van der Waals surface area contributed by atoms with Crippen molar-refractivity contribution in [1.82, 2.24) is 0 Å². The Bertz CT molecular complexity index is 446. The molecule has 0 aromatic heterocycles. The number of rotatable bonds is 7. The number of carbonyl (C=O) groups is 1. The number of Topliss-reactive ketones (excluding diaryl/α,β-unsaturated/α-hetero) is 1. The van der Waals surface area contributed by atoms with E-state index in [1.807, 2.05) is 0 Å². The summed E-state index contributed by atoms with van der Waals surface area (Å²) in [7, 11) is 0. The van der Waals surface area contributed by atoms with Gasteiger partial charge in [0.05, 0.1) is 5.02 Å². The SMILES string of the molecule is CC(C)(CCN)CCC(=O)Cc1ccc(Cl)c(F)c1. The van der Waals surface area contributed by atoms with Crippen LogP contribution in [0.1, 0.15) is 38.7 Å². The lowest BCUT2D eigenvalue weighted by atomic mass is 9.83. The lowest BCUT2D eigenvalue weighted by Crippen LogP contribution is -2.18. The van der Waals surface area contributed by atoms with E-state index >= 15 is 0 Å². The molecule has 0 spiro atoms. The predicted molar refractivity (Wildman–Crippen MR) is 76.8 cm³/mol. The number of nitrogens with two attached hydrogens (primary N) is 1. The molecule has 0 saturated carbocycles. The van der Waals surface area contributed by atoms with Gasteiger partial charge in [-0.3, -0.25) is 4.79 Å². The topological polar surface area (TPSA) is 43.1 Å². The summed E-state index contributed by atoms with van der Waals surface area (Å²) in [6.07, 6.45) is 2.46. The van der Waals surface area contributed by atoms with Gasteiger partial charge >= 0.3 is 0 Å². The van der Waals surface area contributed by atoms with Crippen molar-refractivity contribution in [3.05, 3.63) is 34.6 Å². The van der Waals surface area contributed by atoms with Crippen molar-refractivity contribution in [1.29, 1.82) is 0 Å². The number of halogens is 2. The molecule has 1 rings (SSSR count). The first-order valence-electron chi connectivity index (χ1n) is 6.50. The van der Waals surface area contributed by atoms with Crippen molar-refractivity contribution in [2.45, 2.75) is 39.5 Å². The highest BCUT2D eigenvalue weighted by Gasteiger charge is 2.18. The van der Waals surface area contributed by atoms with Gasteiger partial charge < -0.3 is 5.73 Å². The summed E-state index contributed by atoms with van der Waals surface area (Å²) < 4.78 is 13.2. The Labute approximate surface area is 119 Å². The molecule has 0 fully saturated rings. The Hall–Kier alpha value is -0.930. The van der Waals surface area contributed by atoms with Crippen LogP contribution >= 0.6 is 11.6 Å². The molecule has 0 saturated heterocycles. The Kier molecular flexibility index (Phi) is 5.95. The first-order valence-corrected chi connectivity index (χ1v) is 6.87. The van der Waals surface area contributed by atoms with Gasteiger partial charge in [-0.15, -0.1) is 0 Å². The average Bonchev–Trinajstić information content (AvgIpc) is 2.32. The first-order chi connectivity index (χ1) is 8.84. The molecule has 4 heteroatoms. The van der Waals surface area contributed by atoms with E-state index in [-0.39, 0.29) is 22.6 Å². The molecule has 0 radical (unpaired) electrons. The molecule has 0 aliphatic carbocycles. The highest BCUT2D eigenvalue weighted by molar-refractivity contribution is 6.30. The van der Waals surface area contributed by atoms with E-state index in [1.165, 1.54) is 12.1 Å². The number of hydrogen-bond acceptors (Lipinski definition) is 2. The summed E-state index contributed by atoms with van der Waals surface area (Å²) in [5.74, 6) is -0.359. The Morgan fingerprint density at radius 3 is 2.63 bits per heavy atom. The molecule has 2 N–H and O–H groups in total. The fourth-order valence-electron chi connectivity index (χ4n) is 1.96. The molecule has 2 nitrogen and oxygen atoms in total. The summed E-state index contributed by atoms with van der Waals surface area (Å²) in [6.45, 7) is 4.84. The molecule has 0 heterocycles. The number of carbonyl (C=O) groups excluding carboxylic acids is 1. The van der Waals surface area contributed by atoms with E-state index < -0.39 is 5.82 Å². The summed E-state index contributed by atoms with van der Waals surface area (Å²) >= 11 is 5.60. The average molecular weight is 286 g/mol. The van der Waals surface area contributed by atoms with E-state index in [0.717, 1.165) is 12.8 Å². The molecule has 0 aliphatic heterocycles. The van der Waals surface area contributed by atoms with Crippen LogP contribution < -0.4 is 5.73 Å². The van der Waals surface area contributed by atoms with Crippen molar-refractivity contribution in [2.75, 3.05) is 6.54 Å². The number of ketones is 1. The first kappa shape index (κ1) is 16.1. The maximum atomic E-state index is 13.2. The van der Waals surface area contributed by atoms with Crippen LogP contribution in [0.4, 0.5) is 4.39 Å². The van der Waals surface area contributed by atoms with Crippen LogP contribution in [0.25, 0.3) is 0 Å². The van der Waals surface area contributed by atoms with Gasteiger partial charge in [0.25, 0.3) is 0 Å². The predicted octanol–water partition coefficient (Wildman–Crippen LogP) is 3.75. The third kappa shape index (κ3) is 5.70. The summed E-state index contributed by atoms with van der Waals surface area (Å²) in [6, 6.07) is 4.50. The zero-order valence-electron chi connectivity index (χ0n) is 11.5. The highest BCUT2D eigenvalue weighted by atomic mass is 35.5. The van der Waals surface area contributed by atoms with E-state index in [0.29, 0.717) is 18.5 Å². The molecular weight excluding hydrogens is 265 g/mol. The molecular formula is C15H21ClFNO. The molecule has 1 aromatic rings. The summed E-state index contributed by atoms with van der Waals surface area (Å²) in [4.78, 5) is 11.9. The monoisotopic (exact) mass is 285 g/mol. The molecule has 0 atom stereocenters. The van der Waals surface area contributed by atoms with Crippen LogP contribution in [0.2, 0.25) is 5.02 Å². The van der Waals surface area contributed by atoms with Crippen LogP contribution in [-0.4, -0.2) is 12.3 Å². The van der Waals surface area contributed by atoms with Crippen molar-refractivity contribution >= 4 is 17.4 Å². The largest absolute Gasteiger partial charge is 0.330 e. The van der Waals surface area contributed by atoms with E-state index in [2.05, 4.69) is 13.8 Å². The highest BCUT2D eigenvalue weighted by Crippen LogP contribution is 2.26. The van der Waals surface area contributed by atoms with Crippen LogP contribution in [0.15, 0.2) is 18.2 Å². The molecule has 1 aromatic carbocycles. The second kappa shape index (κ2) is 7.01. The number of benzene rings is 1. The molecule has 0 aliphatic rings. The summed E-state index contributed by atoms with van der Waals surface area (Å²) in [5, 5.41) is 0.0836. The van der Waals surface area contributed by atoms with Crippen molar-refractivity contribution in [3.63, 3.8) is 0 Å². The van der Waals surface area contributed by atoms with Crippen molar-refractivity contribution in [2.24, 2.45) is 11.1 Å². The van der Waals surface area contributed by atoms with Crippen LogP contribution in [0.5, 0.6) is 0 Å². The zero-order valence-corrected chi connectivity index (χ0v) is 12.3. The maximum absolute atomic E-state index is 13.2. The second-order valence-electron chi connectivity index (χ2n) is 5.67. The van der Waals surface area contributed by atoms with Gasteiger partial charge in [0.15, 0.2) is 0 Å². The standard InChI is InChI=1S/C15H21ClFNO/c1-15(2,7-8-18)6-5-12(19)9-11-3-4-13(16)14(17)10-11/h3-4,10H,5-9,18H2,1-2H3. The number of hydrogen-bond donors (Lipinski definition) is 1. The van der Waals surface area contributed by atoms with Gasteiger partial charge in [-0.1, -0.05) is 31.5 Å². The van der Waals surface area contributed by atoms with Gasteiger partial charge in [0.1, 0.15) is 11.6 Å².